The molecular weight excluding hydrogens is 390 g/mol. The van der Waals surface area contributed by atoms with E-state index in [0.29, 0.717) is 35.9 Å². The molecule has 0 amide bonds. The van der Waals surface area contributed by atoms with Crippen LogP contribution in [0, 0.1) is 0 Å². The highest BCUT2D eigenvalue weighted by Crippen LogP contribution is 2.25. The fraction of sp³-hybridized carbons (Fsp3) is 0.300. The molecule has 3 aromatic rings. The van der Waals surface area contributed by atoms with Gasteiger partial charge in [-0.15, -0.1) is 5.10 Å². The number of hydrazone groups is 1. The van der Waals surface area contributed by atoms with Crippen LogP contribution in [0.4, 0.5) is 8.78 Å². The maximum Gasteiger partial charge on any atom is 0.305 e. The van der Waals surface area contributed by atoms with Crippen molar-refractivity contribution in [2.45, 2.75) is 39.2 Å². The van der Waals surface area contributed by atoms with E-state index in [4.69, 9.17) is 11.7 Å². The smallest absolute Gasteiger partial charge is 0.305 e. The molecule has 0 spiro atoms. The lowest BCUT2D eigenvalue weighted by Gasteiger charge is -2.11. The first-order valence-electron chi connectivity index (χ1n) is 9.48. The third kappa shape index (κ3) is 4.60. The van der Waals surface area contributed by atoms with Crippen molar-refractivity contribution in [3.63, 3.8) is 0 Å². The molecule has 0 saturated carbocycles. The molecule has 0 unspecified atom stereocenters. The molecule has 0 bridgehead atoms. The SMILES string of the molecule is CCCn1nc(C(C)(F)F)nc1Cc1ccc(-c2ccccc2/C(=N/N)NN)nc1. The molecule has 1 aromatic carbocycles. The Kier molecular flexibility index (Phi) is 6.36. The summed E-state index contributed by atoms with van der Waals surface area (Å²) in [5, 5.41) is 7.63. The van der Waals surface area contributed by atoms with Gasteiger partial charge < -0.3 is 11.3 Å². The Balaban J connectivity index is 1.89. The molecule has 5 N–H and O–H groups in total. The summed E-state index contributed by atoms with van der Waals surface area (Å²) >= 11 is 0. The van der Waals surface area contributed by atoms with Crippen LogP contribution in [0.1, 0.15) is 43.0 Å². The molecule has 8 nitrogen and oxygen atoms in total. The van der Waals surface area contributed by atoms with Gasteiger partial charge in [0.1, 0.15) is 5.82 Å². The van der Waals surface area contributed by atoms with Crippen molar-refractivity contribution in [1.82, 2.24) is 25.2 Å². The van der Waals surface area contributed by atoms with Crippen molar-refractivity contribution in [2.75, 3.05) is 0 Å². The van der Waals surface area contributed by atoms with Crippen molar-refractivity contribution in [1.29, 1.82) is 0 Å². The van der Waals surface area contributed by atoms with Gasteiger partial charge in [-0.3, -0.25) is 4.98 Å². The number of hydrogen-bond donors (Lipinski definition) is 3. The number of nitrogens with zero attached hydrogens (tertiary/aromatic N) is 5. The molecule has 0 aliphatic carbocycles. The zero-order valence-electron chi connectivity index (χ0n) is 16.8. The minimum absolute atomic E-state index is 0.331. The normalized spacial score (nSPS) is 12.2. The van der Waals surface area contributed by atoms with E-state index in [0.717, 1.165) is 24.5 Å². The first kappa shape index (κ1) is 21.3. The Bertz CT molecular complexity index is 1020. The van der Waals surface area contributed by atoms with E-state index < -0.39 is 11.7 Å². The summed E-state index contributed by atoms with van der Waals surface area (Å²) in [5.74, 6) is 8.15. The van der Waals surface area contributed by atoms with Crippen LogP contribution in [0.25, 0.3) is 11.3 Å². The van der Waals surface area contributed by atoms with Gasteiger partial charge in [0, 0.05) is 37.2 Å². The monoisotopic (exact) mass is 414 g/mol. The van der Waals surface area contributed by atoms with E-state index in [-0.39, 0.29) is 0 Å². The van der Waals surface area contributed by atoms with E-state index >= 15 is 0 Å². The second-order valence-electron chi connectivity index (χ2n) is 6.86. The zero-order chi connectivity index (χ0) is 21.7. The number of hydrogen-bond acceptors (Lipinski definition) is 6. The van der Waals surface area contributed by atoms with Crippen LogP contribution in [0.3, 0.4) is 0 Å². The quantitative estimate of drug-likeness (QED) is 0.237. The van der Waals surface area contributed by atoms with E-state index in [1.165, 1.54) is 4.68 Å². The van der Waals surface area contributed by atoms with Crippen molar-refractivity contribution < 1.29 is 8.78 Å². The molecule has 2 heterocycles. The lowest BCUT2D eigenvalue weighted by molar-refractivity contribution is 0.00751. The molecule has 10 heteroatoms. The predicted octanol–water partition coefficient (Wildman–Crippen LogP) is 2.54. The average Bonchev–Trinajstić information content (AvgIpc) is 3.13. The van der Waals surface area contributed by atoms with E-state index in [1.807, 2.05) is 43.3 Å². The largest absolute Gasteiger partial charge is 0.321 e. The topological polar surface area (TPSA) is 120 Å². The molecule has 3 rings (SSSR count). The third-order valence-corrected chi connectivity index (χ3v) is 4.49. The minimum Gasteiger partial charge on any atom is -0.321 e. The molecule has 0 fully saturated rings. The summed E-state index contributed by atoms with van der Waals surface area (Å²) in [6, 6.07) is 11.2. The fourth-order valence-electron chi connectivity index (χ4n) is 3.05. The van der Waals surface area contributed by atoms with Gasteiger partial charge in [-0.25, -0.2) is 15.5 Å². The highest BCUT2D eigenvalue weighted by Gasteiger charge is 2.31. The highest BCUT2D eigenvalue weighted by atomic mass is 19.3. The number of hydrazine groups is 1. The van der Waals surface area contributed by atoms with Gasteiger partial charge in [0.2, 0.25) is 5.82 Å². The minimum atomic E-state index is -3.08. The van der Waals surface area contributed by atoms with Crippen LogP contribution in [0.5, 0.6) is 0 Å². The van der Waals surface area contributed by atoms with Gasteiger partial charge >= 0.3 is 5.92 Å². The van der Waals surface area contributed by atoms with Crippen molar-refractivity contribution in [3.8, 4) is 11.3 Å². The van der Waals surface area contributed by atoms with Gasteiger partial charge in [0.25, 0.3) is 0 Å². The van der Waals surface area contributed by atoms with Crippen LogP contribution in [-0.2, 0) is 18.9 Å². The third-order valence-electron chi connectivity index (χ3n) is 4.49. The second kappa shape index (κ2) is 8.95. The Hall–Kier alpha value is -3.40. The molecular formula is C20H24F2N8. The van der Waals surface area contributed by atoms with Crippen molar-refractivity contribution >= 4 is 5.84 Å². The predicted molar refractivity (Wildman–Crippen MR) is 110 cm³/mol. The summed E-state index contributed by atoms with van der Waals surface area (Å²) in [7, 11) is 0. The van der Waals surface area contributed by atoms with Gasteiger partial charge in [0.05, 0.1) is 5.69 Å². The Labute approximate surface area is 173 Å². The molecule has 158 valence electrons. The lowest BCUT2D eigenvalue weighted by atomic mass is 10.0. The van der Waals surface area contributed by atoms with Gasteiger partial charge in [-0.1, -0.05) is 37.3 Å². The van der Waals surface area contributed by atoms with Crippen LogP contribution >= 0.6 is 0 Å². The molecule has 0 aliphatic heterocycles. The molecule has 0 atom stereocenters. The van der Waals surface area contributed by atoms with Gasteiger partial charge in [-0.05, 0) is 18.1 Å². The van der Waals surface area contributed by atoms with E-state index in [9.17, 15) is 8.78 Å². The summed E-state index contributed by atoms with van der Waals surface area (Å²) in [6.45, 7) is 3.27. The number of halogens is 2. The molecule has 0 aliphatic rings. The van der Waals surface area contributed by atoms with Crippen molar-refractivity contribution in [3.05, 3.63) is 65.4 Å². The summed E-state index contributed by atoms with van der Waals surface area (Å²) in [5.41, 5.74) is 5.51. The summed E-state index contributed by atoms with van der Waals surface area (Å²) in [6.07, 6.45) is 2.80. The average molecular weight is 414 g/mol. The molecule has 0 saturated heterocycles. The Morgan fingerprint density at radius 3 is 2.60 bits per heavy atom. The number of alkyl halides is 2. The highest BCUT2D eigenvalue weighted by molar-refractivity contribution is 6.03. The number of rotatable bonds is 7. The zero-order valence-corrected chi connectivity index (χ0v) is 16.8. The standard InChI is InChI=1S/C20H24F2N8/c1-3-10-30-17(26-19(29-30)20(2,21)22)11-13-8-9-16(25-12-13)14-6-4-5-7-15(14)18(27-23)28-24/h4-9,12H,3,10-11,23-24H2,1-2H3,(H,27,28). The van der Waals surface area contributed by atoms with Crippen LogP contribution in [0.2, 0.25) is 0 Å². The lowest BCUT2D eigenvalue weighted by Crippen LogP contribution is -2.32. The maximum atomic E-state index is 13.6. The molecule has 2 aromatic heterocycles. The van der Waals surface area contributed by atoms with E-state index in [2.05, 4.69) is 25.6 Å². The van der Waals surface area contributed by atoms with Crippen LogP contribution < -0.4 is 17.1 Å². The first-order valence-corrected chi connectivity index (χ1v) is 9.48. The number of amidine groups is 1. The van der Waals surface area contributed by atoms with Crippen molar-refractivity contribution in [2.24, 2.45) is 16.8 Å². The number of nitrogens with two attached hydrogens (primary N) is 2. The number of nitrogens with one attached hydrogen (secondary N) is 1. The second-order valence-corrected chi connectivity index (χ2v) is 6.86. The van der Waals surface area contributed by atoms with E-state index in [1.54, 1.807) is 6.20 Å². The fourth-order valence-corrected chi connectivity index (χ4v) is 3.05. The first-order chi connectivity index (χ1) is 14.4. The number of aryl methyl sites for hydroxylation is 1. The summed E-state index contributed by atoms with van der Waals surface area (Å²) < 4.78 is 28.8. The van der Waals surface area contributed by atoms with Gasteiger partial charge in [-0.2, -0.15) is 13.9 Å². The number of benzene rings is 1. The van der Waals surface area contributed by atoms with Crippen LogP contribution in [-0.4, -0.2) is 25.6 Å². The Morgan fingerprint density at radius 1 is 1.23 bits per heavy atom. The Morgan fingerprint density at radius 2 is 2.00 bits per heavy atom. The summed E-state index contributed by atoms with van der Waals surface area (Å²) in [4.78, 5) is 8.58. The number of aromatic nitrogens is 4. The number of pyridine rings is 1. The molecule has 0 radical (unpaired) electrons. The maximum absolute atomic E-state index is 13.6. The van der Waals surface area contributed by atoms with Crippen LogP contribution in [0.15, 0.2) is 47.7 Å². The van der Waals surface area contributed by atoms with Gasteiger partial charge in [0.15, 0.2) is 5.84 Å². The molecule has 30 heavy (non-hydrogen) atoms.